The van der Waals surface area contributed by atoms with E-state index in [2.05, 4.69) is 4.57 Å². The standard InChI is InChI=1S/C35H25F6N/c1-20-12-25(16-27(14-20)34(36,37)38)23-8-10-32-29(18-23)30-19-24(26-13-21(2)15-28(17-26)35(39,40)41)9-11-33(30)42(32)31-7-5-4-6-22(31)3/h4-19H,1-3H3. The number of para-hydroxylation sites is 1. The van der Waals surface area contributed by atoms with E-state index >= 15 is 0 Å². The summed E-state index contributed by atoms with van der Waals surface area (Å²) in [6.07, 6.45) is -8.96. The largest absolute Gasteiger partial charge is 0.416 e. The highest BCUT2D eigenvalue weighted by molar-refractivity contribution is 6.11. The van der Waals surface area contributed by atoms with Crippen molar-refractivity contribution in [1.29, 1.82) is 0 Å². The smallest absolute Gasteiger partial charge is 0.309 e. The van der Waals surface area contributed by atoms with E-state index in [4.69, 9.17) is 0 Å². The first kappa shape index (κ1) is 27.6. The number of aromatic nitrogens is 1. The fourth-order valence-corrected chi connectivity index (χ4v) is 5.68. The van der Waals surface area contributed by atoms with Crippen LogP contribution in [0.5, 0.6) is 0 Å². The maximum absolute atomic E-state index is 13.6. The molecule has 42 heavy (non-hydrogen) atoms. The lowest BCUT2D eigenvalue weighted by Gasteiger charge is -2.13. The molecule has 0 fully saturated rings. The molecular formula is C35H25F6N. The second-order valence-electron chi connectivity index (χ2n) is 10.8. The first-order valence-electron chi connectivity index (χ1n) is 13.3. The molecule has 0 amide bonds. The lowest BCUT2D eigenvalue weighted by molar-refractivity contribution is -0.138. The van der Waals surface area contributed by atoms with Crippen LogP contribution in [-0.2, 0) is 12.4 Å². The van der Waals surface area contributed by atoms with Crippen molar-refractivity contribution in [2.45, 2.75) is 33.1 Å². The SMILES string of the molecule is Cc1cc(-c2ccc3c(c2)c2cc(-c4cc(C)cc(C(F)(F)F)c4)ccc2n3-c2ccccc2C)cc(C(F)(F)F)c1. The molecule has 0 saturated carbocycles. The Morgan fingerprint density at radius 2 is 0.929 bits per heavy atom. The number of hydrogen-bond donors (Lipinski definition) is 0. The first-order chi connectivity index (χ1) is 19.8. The van der Waals surface area contributed by atoms with E-state index in [0.29, 0.717) is 33.4 Å². The van der Waals surface area contributed by atoms with Crippen LogP contribution in [0.4, 0.5) is 26.3 Å². The molecule has 1 aromatic heterocycles. The molecule has 0 atom stereocenters. The second-order valence-corrected chi connectivity index (χ2v) is 10.8. The Balaban J connectivity index is 1.64. The quantitative estimate of drug-likeness (QED) is 0.186. The Bertz CT molecular complexity index is 1870. The van der Waals surface area contributed by atoms with Crippen LogP contribution < -0.4 is 0 Å². The maximum atomic E-state index is 13.6. The third kappa shape index (κ3) is 4.93. The normalized spacial score (nSPS) is 12.4. The molecular weight excluding hydrogens is 548 g/mol. The van der Waals surface area contributed by atoms with Crippen LogP contribution in [0.15, 0.2) is 97.1 Å². The third-order valence-electron chi connectivity index (χ3n) is 7.60. The third-order valence-corrected chi connectivity index (χ3v) is 7.60. The van der Waals surface area contributed by atoms with Crippen molar-refractivity contribution in [2.24, 2.45) is 0 Å². The number of rotatable bonds is 3. The van der Waals surface area contributed by atoms with Gasteiger partial charge in [0.2, 0.25) is 0 Å². The van der Waals surface area contributed by atoms with Gasteiger partial charge in [-0.05, 0) is 114 Å². The molecule has 6 aromatic rings. The van der Waals surface area contributed by atoms with Crippen LogP contribution in [0.25, 0.3) is 49.7 Å². The predicted octanol–water partition coefficient (Wildman–Crippen LogP) is 11.1. The summed E-state index contributed by atoms with van der Waals surface area (Å²) in [6, 6.07) is 26.9. The van der Waals surface area contributed by atoms with Gasteiger partial charge in [-0.3, -0.25) is 0 Å². The summed E-state index contributed by atoms with van der Waals surface area (Å²) >= 11 is 0. The van der Waals surface area contributed by atoms with Crippen LogP contribution in [0, 0.1) is 20.8 Å². The molecule has 0 N–H and O–H groups in total. The summed E-state index contributed by atoms with van der Waals surface area (Å²) < 4.78 is 83.8. The van der Waals surface area contributed by atoms with Crippen molar-refractivity contribution >= 4 is 21.8 Å². The number of benzene rings is 5. The zero-order valence-corrected chi connectivity index (χ0v) is 23.0. The highest BCUT2D eigenvalue weighted by atomic mass is 19.4. The monoisotopic (exact) mass is 573 g/mol. The van der Waals surface area contributed by atoms with Gasteiger partial charge in [-0.1, -0.05) is 42.5 Å². The highest BCUT2D eigenvalue weighted by Crippen LogP contribution is 2.40. The maximum Gasteiger partial charge on any atom is 0.416 e. The van der Waals surface area contributed by atoms with Crippen molar-refractivity contribution in [1.82, 2.24) is 4.57 Å². The number of nitrogens with zero attached hydrogens (tertiary/aromatic N) is 1. The van der Waals surface area contributed by atoms with Crippen LogP contribution >= 0.6 is 0 Å². The first-order valence-corrected chi connectivity index (χ1v) is 13.3. The molecule has 0 radical (unpaired) electrons. The molecule has 0 unspecified atom stereocenters. The topological polar surface area (TPSA) is 4.93 Å². The predicted molar refractivity (Wildman–Crippen MR) is 156 cm³/mol. The van der Waals surface area contributed by atoms with Gasteiger partial charge in [0.25, 0.3) is 0 Å². The molecule has 0 aliphatic heterocycles. The van der Waals surface area contributed by atoms with Gasteiger partial charge in [-0.2, -0.15) is 26.3 Å². The fraction of sp³-hybridized carbons (Fsp3) is 0.143. The molecule has 0 bridgehead atoms. The van der Waals surface area contributed by atoms with Crippen LogP contribution in [-0.4, -0.2) is 4.57 Å². The van der Waals surface area contributed by atoms with Crippen molar-refractivity contribution in [2.75, 3.05) is 0 Å². The van der Waals surface area contributed by atoms with Gasteiger partial charge in [-0.25, -0.2) is 0 Å². The lowest BCUT2D eigenvalue weighted by atomic mass is 9.96. The summed E-state index contributed by atoms with van der Waals surface area (Å²) in [5.74, 6) is 0. The van der Waals surface area contributed by atoms with Crippen molar-refractivity contribution < 1.29 is 26.3 Å². The van der Waals surface area contributed by atoms with Gasteiger partial charge < -0.3 is 4.57 Å². The molecule has 5 aromatic carbocycles. The number of halogens is 6. The van der Waals surface area contributed by atoms with E-state index in [1.807, 2.05) is 67.6 Å². The lowest BCUT2D eigenvalue weighted by Crippen LogP contribution is -2.05. The molecule has 1 nitrogen and oxygen atoms in total. The molecule has 0 aliphatic carbocycles. The van der Waals surface area contributed by atoms with Gasteiger partial charge in [-0.15, -0.1) is 0 Å². The van der Waals surface area contributed by atoms with E-state index in [1.165, 1.54) is 0 Å². The van der Waals surface area contributed by atoms with Crippen molar-refractivity contribution in [3.8, 4) is 27.9 Å². The Morgan fingerprint density at radius 3 is 1.36 bits per heavy atom. The minimum Gasteiger partial charge on any atom is -0.309 e. The zero-order valence-electron chi connectivity index (χ0n) is 23.0. The van der Waals surface area contributed by atoms with Crippen molar-refractivity contribution in [3.05, 3.63) is 125 Å². The summed E-state index contributed by atoms with van der Waals surface area (Å²) in [5.41, 5.74) is 5.26. The number of fused-ring (bicyclic) bond motifs is 3. The number of alkyl halides is 6. The molecule has 0 aliphatic rings. The Morgan fingerprint density at radius 1 is 0.476 bits per heavy atom. The molecule has 7 heteroatoms. The molecule has 1 heterocycles. The Hall–Kier alpha value is -4.52. The van der Waals surface area contributed by atoms with E-state index in [1.54, 1.807) is 26.0 Å². The summed E-state index contributed by atoms with van der Waals surface area (Å²) in [6.45, 7) is 5.25. The summed E-state index contributed by atoms with van der Waals surface area (Å²) in [7, 11) is 0. The van der Waals surface area contributed by atoms with Gasteiger partial charge in [0.15, 0.2) is 0 Å². The second kappa shape index (κ2) is 9.79. The molecule has 0 saturated heterocycles. The average Bonchev–Trinajstić information content (AvgIpc) is 3.24. The van der Waals surface area contributed by atoms with Gasteiger partial charge in [0.1, 0.15) is 0 Å². The number of hydrogen-bond acceptors (Lipinski definition) is 0. The zero-order chi connectivity index (χ0) is 30.0. The van der Waals surface area contributed by atoms with Crippen LogP contribution in [0.1, 0.15) is 27.8 Å². The van der Waals surface area contributed by atoms with Crippen LogP contribution in [0.3, 0.4) is 0 Å². The van der Waals surface area contributed by atoms with Gasteiger partial charge in [0, 0.05) is 16.5 Å². The minimum atomic E-state index is -4.48. The van der Waals surface area contributed by atoms with Gasteiger partial charge >= 0.3 is 12.4 Å². The van der Waals surface area contributed by atoms with Crippen molar-refractivity contribution in [3.63, 3.8) is 0 Å². The Kier molecular flexibility index (Phi) is 6.44. The molecule has 0 spiro atoms. The van der Waals surface area contributed by atoms with Gasteiger partial charge in [0.05, 0.1) is 22.2 Å². The fourth-order valence-electron chi connectivity index (χ4n) is 5.68. The highest BCUT2D eigenvalue weighted by Gasteiger charge is 2.32. The minimum absolute atomic E-state index is 0.436. The summed E-state index contributed by atoms with van der Waals surface area (Å²) in [4.78, 5) is 0. The van der Waals surface area contributed by atoms with E-state index in [9.17, 15) is 26.3 Å². The Labute approximate surface area is 238 Å². The molecule has 212 valence electrons. The summed E-state index contributed by atoms with van der Waals surface area (Å²) in [5, 5.41) is 1.57. The van der Waals surface area contributed by atoms with E-state index < -0.39 is 23.5 Å². The van der Waals surface area contributed by atoms with E-state index in [-0.39, 0.29) is 0 Å². The molecule has 6 rings (SSSR count). The van der Waals surface area contributed by atoms with Crippen LogP contribution in [0.2, 0.25) is 0 Å². The average molecular weight is 574 g/mol. The van der Waals surface area contributed by atoms with E-state index in [0.717, 1.165) is 57.3 Å². The number of aryl methyl sites for hydroxylation is 3.